The number of para-hydroxylation sites is 1. The molecule has 0 bridgehead atoms. The Bertz CT molecular complexity index is 732. The number of amides is 1. The molecule has 1 amide bonds. The van der Waals surface area contributed by atoms with Crippen LogP contribution in [0.4, 0.5) is 24.0 Å². The van der Waals surface area contributed by atoms with Crippen LogP contribution >= 0.6 is 23.1 Å². The number of hydrogen-bond acceptors (Lipinski definition) is 6. The standard InChI is InChI=1S/C16H19F3N4OS2/c1-3-10(4-2)20-13(24)9-25-15-23-22-14(26-15)21-12-8-6-5-7-11(12)16(17,18)19/h5-8,10H,3-4,9H2,1-2H3,(H,20,24)(H,21,22). The molecular formula is C16H19F3N4OS2. The third-order valence-corrected chi connectivity index (χ3v) is 5.53. The molecule has 5 nitrogen and oxygen atoms in total. The largest absolute Gasteiger partial charge is 0.418 e. The fraction of sp³-hybridized carbons (Fsp3) is 0.438. The van der Waals surface area contributed by atoms with Crippen molar-refractivity contribution in [1.29, 1.82) is 0 Å². The third kappa shape index (κ3) is 5.87. The van der Waals surface area contributed by atoms with Crippen LogP contribution in [0.2, 0.25) is 0 Å². The van der Waals surface area contributed by atoms with Crippen molar-refractivity contribution in [3.8, 4) is 0 Å². The van der Waals surface area contributed by atoms with E-state index in [9.17, 15) is 18.0 Å². The number of aromatic nitrogens is 2. The highest BCUT2D eigenvalue weighted by molar-refractivity contribution is 8.01. The second-order valence-corrected chi connectivity index (χ2v) is 7.61. The van der Waals surface area contributed by atoms with Crippen molar-refractivity contribution < 1.29 is 18.0 Å². The molecule has 2 N–H and O–H groups in total. The molecule has 26 heavy (non-hydrogen) atoms. The number of anilines is 2. The molecule has 0 aliphatic heterocycles. The van der Waals surface area contributed by atoms with Gasteiger partial charge in [0.25, 0.3) is 0 Å². The lowest BCUT2D eigenvalue weighted by molar-refractivity contribution is -0.137. The van der Waals surface area contributed by atoms with E-state index in [1.165, 1.54) is 30.0 Å². The Balaban J connectivity index is 1.96. The van der Waals surface area contributed by atoms with E-state index in [0.29, 0.717) is 4.34 Å². The summed E-state index contributed by atoms with van der Waals surface area (Å²) in [6, 6.07) is 5.32. The molecular weight excluding hydrogens is 385 g/mol. The SMILES string of the molecule is CCC(CC)NC(=O)CSc1nnc(Nc2ccccc2C(F)(F)F)s1. The Morgan fingerprint density at radius 3 is 2.58 bits per heavy atom. The Morgan fingerprint density at radius 2 is 1.92 bits per heavy atom. The number of nitrogens with zero attached hydrogens (tertiary/aromatic N) is 2. The average Bonchev–Trinajstić information content (AvgIpc) is 3.05. The summed E-state index contributed by atoms with van der Waals surface area (Å²) in [5, 5.41) is 13.5. The molecule has 0 spiro atoms. The van der Waals surface area contributed by atoms with Crippen molar-refractivity contribution in [1.82, 2.24) is 15.5 Å². The van der Waals surface area contributed by atoms with Gasteiger partial charge in [0.05, 0.1) is 17.0 Å². The minimum Gasteiger partial charge on any atom is -0.353 e. The van der Waals surface area contributed by atoms with Gasteiger partial charge in [0.2, 0.25) is 11.0 Å². The van der Waals surface area contributed by atoms with Crippen molar-refractivity contribution >= 4 is 39.8 Å². The first kappa shape index (κ1) is 20.5. The second-order valence-electron chi connectivity index (χ2n) is 5.41. The number of thioether (sulfide) groups is 1. The summed E-state index contributed by atoms with van der Waals surface area (Å²) in [6.07, 6.45) is -2.74. The summed E-state index contributed by atoms with van der Waals surface area (Å²) in [7, 11) is 0. The van der Waals surface area contributed by atoms with Crippen LogP contribution in [0.1, 0.15) is 32.3 Å². The van der Waals surface area contributed by atoms with Crippen molar-refractivity contribution in [2.45, 2.75) is 43.2 Å². The van der Waals surface area contributed by atoms with Crippen LogP contribution in [0.3, 0.4) is 0 Å². The highest BCUT2D eigenvalue weighted by Crippen LogP contribution is 2.36. The maximum atomic E-state index is 13.0. The number of alkyl halides is 3. The van der Waals surface area contributed by atoms with Crippen LogP contribution < -0.4 is 10.6 Å². The molecule has 2 rings (SSSR count). The number of rotatable bonds is 8. The van der Waals surface area contributed by atoms with Crippen molar-refractivity contribution in [3.63, 3.8) is 0 Å². The normalized spacial score (nSPS) is 11.6. The van der Waals surface area contributed by atoms with Crippen LogP contribution in [0.15, 0.2) is 28.6 Å². The molecule has 0 saturated heterocycles. The van der Waals surface area contributed by atoms with E-state index in [0.717, 1.165) is 30.2 Å². The molecule has 142 valence electrons. The third-order valence-electron chi connectivity index (χ3n) is 3.56. The van der Waals surface area contributed by atoms with E-state index in [2.05, 4.69) is 20.8 Å². The molecule has 1 aromatic carbocycles. The Hall–Kier alpha value is -1.81. The van der Waals surface area contributed by atoms with Crippen LogP contribution in [0.25, 0.3) is 0 Å². The van der Waals surface area contributed by atoms with Gasteiger partial charge in [-0.3, -0.25) is 4.79 Å². The van der Waals surface area contributed by atoms with Gasteiger partial charge < -0.3 is 10.6 Å². The van der Waals surface area contributed by atoms with E-state index < -0.39 is 11.7 Å². The number of hydrogen-bond donors (Lipinski definition) is 2. The first-order chi connectivity index (χ1) is 12.3. The van der Waals surface area contributed by atoms with Crippen LogP contribution in [0.5, 0.6) is 0 Å². The molecule has 0 saturated carbocycles. The highest BCUT2D eigenvalue weighted by atomic mass is 32.2. The minimum atomic E-state index is -4.46. The van der Waals surface area contributed by atoms with Crippen LogP contribution in [-0.2, 0) is 11.0 Å². The first-order valence-corrected chi connectivity index (χ1v) is 9.82. The van der Waals surface area contributed by atoms with Gasteiger partial charge in [-0.05, 0) is 25.0 Å². The highest BCUT2D eigenvalue weighted by Gasteiger charge is 2.33. The maximum Gasteiger partial charge on any atom is 0.418 e. The van der Waals surface area contributed by atoms with Gasteiger partial charge in [0, 0.05) is 6.04 Å². The fourth-order valence-corrected chi connectivity index (χ4v) is 3.74. The lowest BCUT2D eigenvalue weighted by Gasteiger charge is -2.13. The topological polar surface area (TPSA) is 66.9 Å². The quantitative estimate of drug-likeness (QED) is 0.625. The van der Waals surface area contributed by atoms with Crippen molar-refractivity contribution in [2.24, 2.45) is 0 Å². The van der Waals surface area contributed by atoms with Crippen molar-refractivity contribution in [3.05, 3.63) is 29.8 Å². The lowest BCUT2D eigenvalue weighted by Crippen LogP contribution is -2.34. The summed E-state index contributed by atoms with van der Waals surface area (Å²) in [4.78, 5) is 11.9. The van der Waals surface area contributed by atoms with E-state index in [1.807, 2.05) is 13.8 Å². The minimum absolute atomic E-state index is 0.0841. The second kappa shape index (κ2) is 9.22. The fourth-order valence-electron chi connectivity index (χ4n) is 2.16. The smallest absolute Gasteiger partial charge is 0.353 e. The molecule has 10 heteroatoms. The van der Waals surface area contributed by atoms with Gasteiger partial charge in [-0.25, -0.2) is 0 Å². The molecule has 0 radical (unpaired) electrons. The first-order valence-electron chi connectivity index (χ1n) is 8.02. The zero-order chi connectivity index (χ0) is 19.2. The van der Waals surface area contributed by atoms with Gasteiger partial charge in [-0.2, -0.15) is 13.2 Å². The van der Waals surface area contributed by atoms with Crippen molar-refractivity contribution in [2.75, 3.05) is 11.1 Å². The predicted molar refractivity (Wildman–Crippen MR) is 97.9 cm³/mol. The summed E-state index contributed by atoms with van der Waals surface area (Å²) in [6.45, 7) is 4.01. The Labute approximate surface area is 157 Å². The molecule has 1 aromatic heterocycles. The monoisotopic (exact) mass is 404 g/mol. The molecule has 0 aliphatic carbocycles. The molecule has 1 heterocycles. The van der Waals surface area contributed by atoms with E-state index in [-0.39, 0.29) is 28.5 Å². The molecule has 0 aliphatic rings. The number of nitrogens with one attached hydrogen (secondary N) is 2. The van der Waals surface area contributed by atoms with Gasteiger partial charge >= 0.3 is 6.18 Å². The van der Waals surface area contributed by atoms with E-state index in [1.54, 1.807) is 0 Å². The summed E-state index contributed by atoms with van der Waals surface area (Å²) in [5.74, 6) is 0.0837. The van der Waals surface area contributed by atoms with Gasteiger partial charge in [0.1, 0.15) is 0 Å². The number of carbonyl (C=O) groups excluding carboxylic acids is 1. The van der Waals surface area contributed by atoms with Gasteiger partial charge in [-0.15, -0.1) is 10.2 Å². The summed E-state index contributed by atoms with van der Waals surface area (Å²) in [5.41, 5.74) is -0.854. The maximum absolute atomic E-state index is 13.0. The van der Waals surface area contributed by atoms with E-state index >= 15 is 0 Å². The zero-order valence-electron chi connectivity index (χ0n) is 14.3. The molecule has 0 atom stereocenters. The summed E-state index contributed by atoms with van der Waals surface area (Å²) >= 11 is 2.30. The van der Waals surface area contributed by atoms with E-state index in [4.69, 9.17) is 0 Å². The Kier molecular flexibility index (Phi) is 7.27. The van der Waals surface area contributed by atoms with Gasteiger partial charge in [0.15, 0.2) is 4.34 Å². The van der Waals surface area contributed by atoms with Crippen LogP contribution in [-0.4, -0.2) is 27.9 Å². The van der Waals surface area contributed by atoms with Gasteiger partial charge in [-0.1, -0.05) is 49.1 Å². The molecule has 0 fully saturated rings. The molecule has 0 unspecified atom stereocenters. The number of benzene rings is 1. The summed E-state index contributed by atoms with van der Waals surface area (Å²) < 4.78 is 39.5. The zero-order valence-corrected chi connectivity index (χ0v) is 15.9. The Morgan fingerprint density at radius 1 is 1.23 bits per heavy atom. The number of carbonyl (C=O) groups is 1. The number of halogens is 3. The van der Waals surface area contributed by atoms with Crippen LogP contribution in [0, 0.1) is 0 Å². The predicted octanol–water partition coefficient (Wildman–Crippen LogP) is 4.70. The molecule has 2 aromatic rings. The lowest BCUT2D eigenvalue weighted by atomic mass is 10.2. The average molecular weight is 404 g/mol.